The van der Waals surface area contributed by atoms with Gasteiger partial charge in [0.15, 0.2) is 0 Å². The molecule has 4 rings (SSSR count). The Balaban J connectivity index is 1.44. The molecular weight excluding hydrogens is 398 g/mol. The summed E-state index contributed by atoms with van der Waals surface area (Å²) in [5.41, 5.74) is 3.67. The first-order chi connectivity index (χ1) is 14.5. The van der Waals surface area contributed by atoms with Gasteiger partial charge in [0.1, 0.15) is 5.82 Å². The molecular formula is C23H22ClN5O. The number of carbonyl (C=O) groups is 1. The number of hydrogen-bond acceptors (Lipinski definition) is 4. The van der Waals surface area contributed by atoms with Gasteiger partial charge in [-0.2, -0.15) is 5.26 Å². The van der Waals surface area contributed by atoms with Gasteiger partial charge in [-0.05, 0) is 42.8 Å². The molecule has 1 saturated heterocycles. The Kier molecular flexibility index (Phi) is 5.84. The van der Waals surface area contributed by atoms with Crippen molar-refractivity contribution in [1.82, 2.24) is 14.5 Å². The molecule has 6 nitrogen and oxygen atoms in total. The van der Waals surface area contributed by atoms with Crippen LogP contribution in [0.3, 0.4) is 0 Å². The van der Waals surface area contributed by atoms with Crippen molar-refractivity contribution in [3.63, 3.8) is 0 Å². The largest absolute Gasteiger partial charge is 0.327 e. The van der Waals surface area contributed by atoms with Crippen LogP contribution in [0.4, 0.5) is 5.69 Å². The zero-order valence-electron chi connectivity index (χ0n) is 16.8. The SMILES string of the molecule is Cc1ncc(CN2CCN(c3cccc(Cl)c3)C(=O)C2)n1Cc1ccc(C#N)cc1. The molecule has 1 fully saturated rings. The smallest absolute Gasteiger partial charge is 0.241 e. The molecule has 30 heavy (non-hydrogen) atoms. The lowest BCUT2D eigenvalue weighted by molar-refractivity contribution is -0.121. The van der Waals surface area contributed by atoms with Crippen LogP contribution in [0.1, 0.15) is 22.6 Å². The highest BCUT2D eigenvalue weighted by atomic mass is 35.5. The molecule has 1 amide bonds. The Morgan fingerprint density at radius 1 is 1.13 bits per heavy atom. The summed E-state index contributed by atoms with van der Waals surface area (Å²) in [6.07, 6.45) is 1.88. The van der Waals surface area contributed by atoms with Gasteiger partial charge in [-0.15, -0.1) is 0 Å². The van der Waals surface area contributed by atoms with E-state index < -0.39 is 0 Å². The van der Waals surface area contributed by atoms with Crippen LogP contribution in [0.2, 0.25) is 5.02 Å². The van der Waals surface area contributed by atoms with Crippen molar-refractivity contribution in [1.29, 1.82) is 5.26 Å². The van der Waals surface area contributed by atoms with E-state index in [0.29, 0.717) is 36.8 Å². The Morgan fingerprint density at radius 3 is 2.63 bits per heavy atom. The Morgan fingerprint density at radius 2 is 1.93 bits per heavy atom. The van der Waals surface area contributed by atoms with Crippen LogP contribution >= 0.6 is 11.6 Å². The zero-order valence-corrected chi connectivity index (χ0v) is 17.5. The summed E-state index contributed by atoms with van der Waals surface area (Å²) in [7, 11) is 0. The molecule has 152 valence electrons. The predicted molar refractivity (Wildman–Crippen MR) is 116 cm³/mol. The minimum Gasteiger partial charge on any atom is -0.327 e. The maximum absolute atomic E-state index is 12.7. The molecule has 3 aromatic rings. The normalized spacial score (nSPS) is 14.7. The van der Waals surface area contributed by atoms with E-state index in [0.717, 1.165) is 29.3 Å². The molecule has 0 saturated carbocycles. The Labute approximate surface area is 180 Å². The molecule has 0 bridgehead atoms. The van der Waals surface area contributed by atoms with Crippen molar-refractivity contribution in [2.24, 2.45) is 0 Å². The van der Waals surface area contributed by atoms with E-state index in [2.05, 4.69) is 20.5 Å². The number of aromatic nitrogens is 2. The molecule has 0 radical (unpaired) electrons. The second-order valence-corrected chi connectivity index (χ2v) is 7.86. The van der Waals surface area contributed by atoms with Gasteiger partial charge < -0.3 is 9.47 Å². The highest BCUT2D eigenvalue weighted by molar-refractivity contribution is 6.30. The topological polar surface area (TPSA) is 65.2 Å². The quantitative estimate of drug-likeness (QED) is 0.633. The average molecular weight is 420 g/mol. The summed E-state index contributed by atoms with van der Waals surface area (Å²) in [6, 6.07) is 17.1. The average Bonchev–Trinajstić information content (AvgIpc) is 3.08. The summed E-state index contributed by atoms with van der Waals surface area (Å²) in [5, 5.41) is 9.60. The van der Waals surface area contributed by atoms with Crippen LogP contribution in [0.25, 0.3) is 0 Å². The van der Waals surface area contributed by atoms with Crippen molar-refractivity contribution < 1.29 is 4.79 Å². The number of nitrogens with zero attached hydrogens (tertiary/aromatic N) is 5. The molecule has 0 unspecified atom stereocenters. The number of aryl methyl sites for hydroxylation is 1. The second-order valence-electron chi connectivity index (χ2n) is 7.43. The van der Waals surface area contributed by atoms with Gasteiger partial charge in [0.2, 0.25) is 5.91 Å². The number of anilines is 1. The fourth-order valence-electron chi connectivity index (χ4n) is 3.73. The van der Waals surface area contributed by atoms with E-state index >= 15 is 0 Å². The lowest BCUT2D eigenvalue weighted by Crippen LogP contribution is -2.50. The monoisotopic (exact) mass is 419 g/mol. The van der Waals surface area contributed by atoms with Gasteiger partial charge in [-0.25, -0.2) is 4.98 Å². The number of amides is 1. The van der Waals surface area contributed by atoms with E-state index in [1.54, 1.807) is 4.90 Å². The van der Waals surface area contributed by atoms with Crippen LogP contribution in [-0.4, -0.2) is 40.0 Å². The molecule has 1 aliphatic rings. The Hall–Kier alpha value is -3.14. The van der Waals surface area contributed by atoms with E-state index in [1.807, 2.05) is 61.7 Å². The van der Waals surface area contributed by atoms with Crippen LogP contribution in [0, 0.1) is 18.3 Å². The van der Waals surface area contributed by atoms with E-state index in [1.165, 1.54) is 0 Å². The molecule has 0 atom stereocenters. The first-order valence-electron chi connectivity index (χ1n) is 9.82. The molecule has 2 aromatic carbocycles. The van der Waals surface area contributed by atoms with Gasteiger partial charge >= 0.3 is 0 Å². The molecule has 7 heteroatoms. The second kappa shape index (κ2) is 8.70. The molecule has 0 spiro atoms. The van der Waals surface area contributed by atoms with Crippen molar-refractivity contribution >= 4 is 23.2 Å². The van der Waals surface area contributed by atoms with E-state index in [9.17, 15) is 4.79 Å². The van der Waals surface area contributed by atoms with Crippen molar-refractivity contribution in [2.75, 3.05) is 24.5 Å². The Bertz CT molecular complexity index is 1100. The van der Waals surface area contributed by atoms with Crippen molar-refractivity contribution in [3.05, 3.63) is 82.4 Å². The number of imidazole rings is 1. The summed E-state index contributed by atoms with van der Waals surface area (Å²) in [4.78, 5) is 21.2. The number of carbonyl (C=O) groups excluding carboxylic acids is 1. The highest BCUT2D eigenvalue weighted by Gasteiger charge is 2.26. The number of nitriles is 1. The van der Waals surface area contributed by atoms with Gasteiger partial charge in [0, 0.05) is 43.1 Å². The van der Waals surface area contributed by atoms with Crippen LogP contribution in [0.5, 0.6) is 0 Å². The third kappa shape index (κ3) is 4.38. The highest BCUT2D eigenvalue weighted by Crippen LogP contribution is 2.22. The number of piperazine rings is 1. The standard InChI is InChI=1S/C23H22ClN5O/c1-17-26-13-22(29(17)14-19-7-5-18(12-25)6-8-19)15-27-9-10-28(23(30)16-27)21-4-2-3-20(24)11-21/h2-8,11,13H,9-10,14-16H2,1H3. The van der Waals surface area contributed by atoms with Crippen LogP contribution in [0.15, 0.2) is 54.7 Å². The first kappa shape index (κ1) is 20.1. The van der Waals surface area contributed by atoms with E-state index in [4.69, 9.17) is 16.9 Å². The molecule has 1 aromatic heterocycles. The van der Waals surface area contributed by atoms with E-state index in [-0.39, 0.29) is 5.91 Å². The maximum atomic E-state index is 12.7. The summed E-state index contributed by atoms with van der Waals surface area (Å²) < 4.78 is 2.16. The van der Waals surface area contributed by atoms with Gasteiger partial charge in [0.05, 0.1) is 23.9 Å². The van der Waals surface area contributed by atoms with Gasteiger partial charge in [0.25, 0.3) is 0 Å². The number of halogens is 1. The molecule has 1 aliphatic heterocycles. The number of benzene rings is 2. The zero-order chi connectivity index (χ0) is 21.1. The van der Waals surface area contributed by atoms with Crippen molar-refractivity contribution in [3.8, 4) is 6.07 Å². The van der Waals surface area contributed by atoms with Gasteiger partial charge in [-0.3, -0.25) is 9.69 Å². The molecule has 0 N–H and O–H groups in total. The number of hydrogen-bond donors (Lipinski definition) is 0. The first-order valence-corrected chi connectivity index (χ1v) is 10.2. The summed E-state index contributed by atoms with van der Waals surface area (Å²) >= 11 is 6.08. The van der Waals surface area contributed by atoms with Gasteiger partial charge in [-0.1, -0.05) is 29.8 Å². The summed E-state index contributed by atoms with van der Waals surface area (Å²) in [6.45, 7) is 5.08. The minimum absolute atomic E-state index is 0.0680. The predicted octanol–water partition coefficient (Wildman–Crippen LogP) is 3.61. The lowest BCUT2D eigenvalue weighted by Gasteiger charge is -2.34. The maximum Gasteiger partial charge on any atom is 0.241 e. The third-order valence-electron chi connectivity index (χ3n) is 5.37. The van der Waals surface area contributed by atoms with Crippen molar-refractivity contribution in [2.45, 2.75) is 20.0 Å². The fourth-order valence-corrected chi connectivity index (χ4v) is 3.91. The summed E-state index contributed by atoms with van der Waals surface area (Å²) in [5.74, 6) is 0.997. The van der Waals surface area contributed by atoms with Crippen LogP contribution < -0.4 is 4.90 Å². The van der Waals surface area contributed by atoms with Crippen LogP contribution in [-0.2, 0) is 17.9 Å². The molecule has 2 heterocycles. The minimum atomic E-state index is 0.0680. The number of rotatable bonds is 5. The third-order valence-corrected chi connectivity index (χ3v) is 5.60. The molecule has 0 aliphatic carbocycles. The lowest BCUT2D eigenvalue weighted by atomic mass is 10.1. The fraction of sp³-hybridized carbons (Fsp3) is 0.261.